The van der Waals surface area contributed by atoms with Crippen LogP contribution in [-0.2, 0) is 24.3 Å². The lowest BCUT2D eigenvalue weighted by Crippen LogP contribution is -2.50. The Kier molecular flexibility index (Phi) is 7.44. The maximum absolute atomic E-state index is 12.3. The van der Waals surface area contributed by atoms with Crippen LogP contribution >= 0.6 is 0 Å². The topological polar surface area (TPSA) is 179 Å². The number of piperidine rings is 1. The SMILES string of the molecule is O=C(NO[C@@H]1CCN(C(=O)O)C1)[C@@H]1CC[C@@H]2CN1C(=O)N2OS(=O)(=O)O.c1ccncc1. The van der Waals surface area contributed by atoms with Crippen LogP contribution in [-0.4, -0.2) is 93.8 Å². The number of hydrogen-bond donors (Lipinski definition) is 3. The fraction of sp³-hybridized carbons (Fsp3) is 0.529. The standard InChI is InChI=1S/C12H18N4O9S.C5H5N/c17-10(13-24-8-3-4-14(6-8)12(19)20)9-2-1-7-5-15(9)11(18)16(7)25-26(21,22)23;1-2-4-6-5-3-1/h7-9H,1-6H2,(H,13,17)(H,19,20)(H,21,22,23);1-5H/t7-,8-,9+;/m1./s1. The van der Waals surface area contributed by atoms with Gasteiger partial charge < -0.3 is 14.9 Å². The first-order valence-corrected chi connectivity index (χ1v) is 11.1. The van der Waals surface area contributed by atoms with Crippen LogP contribution in [0.15, 0.2) is 30.6 Å². The van der Waals surface area contributed by atoms with Crippen molar-refractivity contribution < 1.29 is 41.6 Å². The quantitative estimate of drug-likeness (QED) is 0.385. The molecular weight excluding hydrogens is 450 g/mol. The van der Waals surface area contributed by atoms with Crippen molar-refractivity contribution in [2.75, 3.05) is 19.6 Å². The third kappa shape index (κ3) is 6.03. The molecule has 1 aromatic heterocycles. The first kappa shape index (κ1) is 23.6. The van der Waals surface area contributed by atoms with Gasteiger partial charge >= 0.3 is 22.5 Å². The average Bonchev–Trinajstić information content (AvgIpc) is 3.33. The van der Waals surface area contributed by atoms with E-state index in [4.69, 9.17) is 14.5 Å². The minimum atomic E-state index is -4.85. The van der Waals surface area contributed by atoms with Gasteiger partial charge in [-0.2, -0.15) is 13.5 Å². The predicted molar refractivity (Wildman–Crippen MR) is 105 cm³/mol. The van der Waals surface area contributed by atoms with Gasteiger partial charge in [-0.3, -0.25) is 19.2 Å². The Morgan fingerprint density at radius 1 is 1.12 bits per heavy atom. The van der Waals surface area contributed by atoms with Crippen LogP contribution < -0.4 is 5.48 Å². The van der Waals surface area contributed by atoms with Crippen LogP contribution in [0.4, 0.5) is 9.59 Å². The molecule has 0 radical (unpaired) electrons. The van der Waals surface area contributed by atoms with Crippen molar-refractivity contribution >= 4 is 28.4 Å². The number of fused-ring (bicyclic) bond motifs is 2. The summed E-state index contributed by atoms with van der Waals surface area (Å²) >= 11 is 0. The summed E-state index contributed by atoms with van der Waals surface area (Å²) in [7, 11) is -4.85. The highest BCUT2D eigenvalue weighted by atomic mass is 32.3. The summed E-state index contributed by atoms with van der Waals surface area (Å²) in [4.78, 5) is 46.7. The maximum Gasteiger partial charge on any atom is 0.418 e. The molecule has 2 bridgehead atoms. The molecule has 4 rings (SSSR count). The molecule has 4 amide bonds. The van der Waals surface area contributed by atoms with E-state index in [1.165, 1.54) is 0 Å². The number of likely N-dealkylation sites (tertiary alicyclic amines) is 1. The van der Waals surface area contributed by atoms with Crippen molar-refractivity contribution in [3.05, 3.63) is 30.6 Å². The molecule has 15 heteroatoms. The Morgan fingerprint density at radius 2 is 1.84 bits per heavy atom. The van der Waals surface area contributed by atoms with Crippen molar-refractivity contribution in [2.45, 2.75) is 37.5 Å². The molecule has 3 N–H and O–H groups in total. The monoisotopic (exact) mass is 473 g/mol. The van der Waals surface area contributed by atoms with Gasteiger partial charge in [0.25, 0.3) is 5.91 Å². The van der Waals surface area contributed by atoms with Crippen molar-refractivity contribution in [3.63, 3.8) is 0 Å². The molecule has 0 aromatic carbocycles. The average molecular weight is 473 g/mol. The molecule has 0 saturated carbocycles. The zero-order valence-corrected chi connectivity index (χ0v) is 17.6. The Morgan fingerprint density at radius 3 is 2.38 bits per heavy atom. The summed E-state index contributed by atoms with van der Waals surface area (Å²) in [6.07, 6.45) is 2.93. The third-order valence-electron chi connectivity index (χ3n) is 5.11. The highest BCUT2D eigenvalue weighted by Gasteiger charge is 2.49. The summed E-state index contributed by atoms with van der Waals surface area (Å²) < 4.78 is 34.7. The first-order chi connectivity index (χ1) is 15.2. The molecule has 3 aliphatic heterocycles. The van der Waals surface area contributed by atoms with Gasteiger partial charge in [0.15, 0.2) is 0 Å². The number of carbonyl (C=O) groups excluding carboxylic acids is 2. The van der Waals surface area contributed by atoms with Crippen LogP contribution in [0.1, 0.15) is 19.3 Å². The van der Waals surface area contributed by atoms with E-state index in [2.05, 4.69) is 14.7 Å². The second-order valence-electron chi connectivity index (χ2n) is 7.26. The minimum Gasteiger partial charge on any atom is -0.465 e. The molecular formula is C17H23N5O9S. The number of carbonyl (C=O) groups is 3. The summed E-state index contributed by atoms with van der Waals surface area (Å²) in [5.74, 6) is -0.598. The van der Waals surface area contributed by atoms with Crippen LogP contribution in [0.25, 0.3) is 0 Å². The summed E-state index contributed by atoms with van der Waals surface area (Å²) in [6, 6.07) is 3.40. The Labute approximate surface area is 183 Å². The van der Waals surface area contributed by atoms with E-state index in [1.807, 2.05) is 18.2 Å². The smallest absolute Gasteiger partial charge is 0.418 e. The van der Waals surface area contributed by atoms with Crippen molar-refractivity contribution in [3.8, 4) is 0 Å². The Balaban J connectivity index is 0.000000416. The van der Waals surface area contributed by atoms with E-state index in [0.29, 0.717) is 24.4 Å². The molecule has 3 saturated heterocycles. The minimum absolute atomic E-state index is 0.0721. The zero-order chi connectivity index (χ0) is 23.3. The number of nitrogens with zero attached hydrogens (tertiary/aromatic N) is 4. The number of urea groups is 1. The van der Waals surface area contributed by atoms with Gasteiger partial charge in [0, 0.05) is 25.5 Å². The van der Waals surface area contributed by atoms with Crippen LogP contribution in [0, 0.1) is 0 Å². The molecule has 4 heterocycles. The largest absolute Gasteiger partial charge is 0.465 e. The molecule has 0 aliphatic carbocycles. The van der Waals surface area contributed by atoms with Gasteiger partial charge in [-0.05, 0) is 31.4 Å². The Hall–Kier alpha value is -3.01. The lowest BCUT2D eigenvalue weighted by atomic mass is 10.0. The fourth-order valence-corrected chi connectivity index (χ4v) is 4.01. The van der Waals surface area contributed by atoms with E-state index < -0.39 is 46.6 Å². The van der Waals surface area contributed by atoms with Gasteiger partial charge in [0.05, 0.1) is 12.6 Å². The molecule has 1 aromatic rings. The van der Waals surface area contributed by atoms with E-state index in [0.717, 1.165) is 9.80 Å². The van der Waals surface area contributed by atoms with Crippen LogP contribution in [0.3, 0.4) is 0 Å². The summed E-state index contributed by atoms with van der Waals surface area (Å²) in [5.41, 5.74) is 2.24. The number of rotatable bonds is 5. The number of hydroxylamine groups is 3. The molecule has 14 nitrogen and oxygen atoms in total. The van der Waals surface area contributed by atoms with Gasteiger partial charge in [-0.25, -0.2) is 15.1 Å². The number of amides is 4. The number of hydrogen-bond acceptors (Lipinski definition) is 8. The fourth-order valence-electron chi connectivity index (χ4n) is 3.62. The van der Waals surface area contributed by atoms with E-state index in [1.54, 1.807) is 12.4 Å². The van der Waals surface area contributed by atoms with Crippen molar-refractivity contribution in [1.82, 2.24) is 25.3 Å². The highest BCUT2D eigenvalue weighted by Crippen LogP contribution is 2.30. The summed E-state index contributed by atoms with van der Waals surface area (Å²) in [6.45, 7) is 0.497. The van der Waals surface area contributed by atoms with E-state index in [-0.39, 0.29) is 19.5 Å². The Bertz CT molecular complexity index is 905. The van der Waals surface area contributed by atoms with Gasteiger partial charge in [0.1, 0.15) is 12.1 Å². The van der Waals surface area contributed by atoms with Gasteiger partial charge in [-0.15, -0.1) is 4.28 Å². The highest BCUT2D eigenvalue weighted by molar-refractivity contribution is 7.80. The number of aromatic nitrogens is 1. The van der Waals surface area contributed by atoms with Gasteiger partial charge in [0.2, 0.25) is 0 Å². The summed E-state index contributed by atoms with van der Waals surface area (Å²) in [5, 5.41) is 9.43. The molecule has 32 heavy (non-hydrogen) atoms. The van der Waals surface area contributed by atoms with Crippen molar-refractivity contribution in [2.24, 2.45) is 0 Å². The van der Waals surface area contributed by atoms with Crippen molar-refractivity contribution in [1.29, 1.82) is 0 Å². The molecule has 0 unspecified atom stereocenters. The molecule has 0 spiro atoms. The second kappa shape index (κ2) is 10.1. The second-order valence-corrected chi connectivity index (χ2v) is 8.26. The number of carboxylic acid groups (broad SMARTS) is 1. The van der Waals surface area contributed by atoms with E-state index >= 15 is 0 Å². The molecule has 3 atom stereocenters. The zero-order valence-electron chi connectivity index (χ0n) is 16.8. The molecule has 3 aliphatic rings. The lowest BCUT2D eigenvalue weighted by molar-refractivity contribution is -0.143. The lowest BCUT2D eigenvalue weighted by Gasteiger charge is -2.29. The third-order valence-corrected chi connectivity index (χ3v) is 5.46. The first-order valence-electron chi connectivity index (χ1n) is 9.71. The van der Waals surface area contributed by atoms with Gasteiger partial charge in [-0.1, -0.05) is 6.07 Å². The number of nitrogens with one attached hydrogen (secondary N) is 1. The van der Waals surface area contributed by atoms with Crippen LogP contribution in [0.5, 0.6) is 0 Å². The predicted octanol–water partition coefficient (Wildman–Crippen LogP) is -0.129. The maximum atomic E-state index is 12.3. The van der Waals surface area contributed by atoms with Crippen LogP contribution in [0.2, 0.25) is 0 Å². The normalized spacial score (nSPS) is 24.7. The molecule has 3 fully saturated rings. The number of pyridine rings is 1. The molecule has 176 valence electrons. The van der Waals surface area contributed by atoms with E-state index in [9.17, 15) is 22.8 Å².